The van der Waals surface area contributed by atoms with Crippen molar-refractivity contribution in [1.29, 1.82) is 0 Å². The Morgan fingerprint density at radius 2 is 2.17 bits per heavy atom. The third-order valence-corrected chi connectivity index (χ3v) is 3.08. The van der Waals surface area contributed by atoms with Crippen LogP contribution in [0, 0.1) is 12.8 Å². The smallest absolute Gasteiger partial charge is 0.337 e. The Bertz CT molecular complexity index is 401. The maximum atomic E-state index is 11.5. The first-order valence-electron chi connectivity index (χ1n) is 6.51. The number of carbonyl (C=O) groups is 1. The van der Waals surface area contributed by atoms with Gasteiger partial charge in [0.2, 0.25) is 0 Å². The molecule has 0 heterocycles. The van der Waals surface area contributed by atoms with Gasteiger partial charge in [-0.15, -0.1) is 0 Å². The summed E-state index contributed by atoms with van der Waals surface area (Å²) in [5.74, 6) is 0.343. The van der Waals surface area contributed by atoms with Gasteiger partial charge in [0.05, 0.1) is 12.7 Å². The van der Waals surface area contributed by atoms with Crippen LogP contribution in [0.2, 0.25) is 0 Å². The van der Waals surface area contributed by atoms with Crippen molar-refractivity contribution in [1.82, 2.24) is 0 Å². The zero-order valence-electron chi connectivity index (χ0n) is 11.7. The average molecular weight is 249 g/mol. The van der Waals surface area contributed by atoms with Crippen molar-refractivity contribution in [3.05, 3.63) is 29.3 Å². The molecule has 1 rings (SSSR count). The lowest BCUT2D eigenvalue weighted by Crippen LogP contribution is -2.12. The molecule has 1 aromatic rings. The molecule has 0 bridgehead atoms. The van der Waals surface area contributed by atoms with E-state index < -0.39 is 0 Å². The summed E-state index contributed by atoms with van der Waals surface area (Å²) in [5, 5.41) is 3.41. The summed E-state index contributed by atoms with van der Waals surface area (Å²) in [6.45, 7) is 7.39. The number of aryl methyl sites for hydroxylation is 1. The van der Waals surface area contributed by atoms with Crippen molar-refractivity contribution in [2.45, 2.75) is 33.6 Å². The van der Waals surface area contributed by atoms with Crippen LogP contribution < -0.4 is 5.32 Å². The Morgan fingerprint density at radius 3 is 2.78 bits per heavy atom. The number of methoxy groups -OCH3 is 1. The van der Waals surface area contributed by atoms with Crippen LogP contribution in [-0.2, 0) is 4.74 Å². The topological polar surface area (TPSA) is 38.3 Å². The van der Waals surface area contributed by atoms with E-state index in [1.165, 1.54) is 20.0 Å². The number of benzene rings is 1. The van der Waals surface area contributed by atoms with Gasteiger partial charge in [-0.3, -0.25) is 0 Å². The van der Waals surface area contributed by atoms with E-state index in [0.717, 1.165) is 17.8 Å². The summed E-state index contributed by atoms with van der Waals surface area (Å²) in [5.41, 5.74) is 2.75. The number of carbonyl (C=O) groups excluding carboxylic acids is 1. The Balaban J connectivity index is 2.72. The maximum Gasteiger partial charge on any atom is 0.337 e. The number of rotatable bonds is 6. The summed E-state index contributed by atoms with van der Waals surface area (Å²) in [6, 6.07) is 5.60. The van der Waals surface area contributed by atoms with Gasteiger partial charge in [-0.1, -0.05) is 26.3 Å². The van der Waals surface area contributed by atoms with Gasteiger partial charge in [-0.25, -0.2) is 4.79 Å². The van der Waals surface area contributed by atoms with E-state index in [9.17, 15) is 4.79 Å². The van der Waals surface area contributed by atoms with Gasteiger partial charge < -0.3 is 10.1 Å². The molecule has 0 saturated heterocycles. The van der Waals surface area contributed by atoms with E-state index in [1.807, 2.05) is 19.1 Å². The van der Waals surface area contributed by atoms with Crippen LogP contribution in [0.5, 0.6) is 0 Å². The molecular weight excluding hydrogens is 226 g/mol. The number of anilines is 1. The van der Waals surface area contributed by atoms with E-state index in [4.69, 9.17) is 4.74 Å². The standard InChI is InChI=1S/C15H23NO2/c1-5-6-11(2)10-16-14-9-13(15(17)18-4)8-7-12(14)3/h7-9,11,16H,5-6,10H2,1-4H3. The predicted octanol–water partition coefficient (Wildman–Crippen LogP) is 3.63. The molecule has 0 spiro atoms. The molecule has 1 N–H and O–H groups in total. The number of hydrogen-bond acceptors (Lipinski definition) is 3. The molecular formula is C15H23NO2. The second kappa shape index (κ2) is 7.04. The monoisotopic (exact) mass is 249 g/mol. The van der Waals surface area contributed by atoms with Gasteiger partial charge in [-0.05, 0) is 37.0 Å². The van der Waals surface area contributed by atoms with Crippen molar-refractivity contribution in [2.24, 2.45) is 5.92 Å². The second-order valence-corrected chi connectivity index (χ2v) is 4.80. The third kappa shape index (κ3) is 4.06. The van der Waals surface area contributed by atoms with Gasteiger partial charge in [0.1, 0.15) is 0 Å². The van der Waals surface area contributed by atoms with Crippen LogP contribution in [0.25, 0.3) is 0 Å². The Hall–Kier alpha value is -1.51. The van der Waals surface area contributed by atoms with Gasteiger partial charge in [0.25, 0.3) is 0 Å². The van der Waals surface area contributed by atoms with Gasteiger partial charge >= 0.3 is 5.97 Å². The van der Waals surface area contributed by atoms with Crippen molar-refractivity contribution in [3.63, 3.8) is 0 Å². The van der Waals surface area contributed by atoms with Crippen LogP contribution in [0.15, 0.2) is 18.2 Å². The van der Waals surface area contributed by atoms with Crippen LogP contribution in [0.1, 0.15) is 42.6 Å². The first kappa shape index (κ1) is 14.6. The molecule has 0 aliphatic rings. The summed E-state index contributed by atoms with van der Waals surface area (Å²) in [7, 11) is 1.40. The molecule has 1 aromatic carbocycles. The summed E-state index contributed by atoms with van der Waals surface area (Å²) in [6.07, 6.45) is 2.41. The van der Waals surface area contributed by atoms with Crippen molar-refractivity contribution in [3.8, 4) is 0 Å². The molecule has 0 radical (unpaired) electrons. The van der Waals surface area contributed by atoms with E-state index in [-0.39, 0.29) is 5.97 Å². The molecule has 3 nitrogen and oxygen atoms in total. The minimum absolute atomic E-state index is 0.292. The molecule has 0 aromatic heterocycles. The number of hydrogen-bond donors (Lipinski definition) is 1. The lowest BCUT2D eigenvalue weighted by molar-refractivity contribution is 0.0601. The molecule has 18 heavy (non-hydrogen) atoms. The molecule has 0 saturated carbocycles. The van der Waals surface area contributed by atoms with E-state index in [0.29, 0.717) is 11.5 Å². The molecule has 0 aliphatic heterocycles. The SMILES string of the molecule is CCCC(C)CNc1cc(C(=O)OC)ccc1C. The number of ether oxygens (including phenoxy) is 1. The highest BCUT2D eigenvalue weighted by Gasteiger charge is 2.08. The average Bonchev–Trinajstić information content (AvgIpc) is 2.37. The number of nitrogens with one attached hydrogen (secondary N) is 1. The van der Waals surface area contributed by atoms with Crippen LogP contribution >= 0.6 is 0 Å². The van der Waals surface area contributed by atoms with Gasteiger partial charge in [0.15, 0.2) is 0 Å². The summed E-state index contributed by atoms with van der Waals surface area (Å²) >= 11 is 0. The summed E-state index contributed by atoms with van der Waals surface area (Å²) in [4.78, 5) is 11.5. The lowest BCUT2D eigenvalue weighted by Gasteiger charge is -2.15. The minimum Gasteiger partial charge on any atom is -0.465 e. The number of esters is 1. The fourth-order valence-corrected chi connectivity index (χ4v) is 1.94. The van der Waals surface area contributed by atoms with Crippen molar-refractivity contribution < 1.29 is 9.53 Å². The summed E-state index contributed by atoms with van der Waals surface area (Å²) < 4.78 is 4.73. The van der Waals surface area contributed by atoms with E-state index >= 15 is 0 Å². The molecule has 3 heteroatoms. The van der Waals surface area contributed by atoms with Gasteiger partial charge in [-0.2, -0.15) is 0 Å². The highest BCUT2D eigenvalue weighted by molar-refractivity contribution is 5.90. The maximum absolute atomic E-state index is 11.5. The molecule has 0 fully saturated rings. The molecule has 100 valence electrons. The zero-order chi connectivity index (χ0) is 13.5. The van der Waals surface area contributed by atoms with E-state index in [1.54, 1.807) is 6.07 Å². The first-order chi connectivity index (χ1) is 8.58. The first-order valence-corrected chi connectivity index (χ1v) is 6.51. The Labute approximate surface area is 110 Å². The normalized spacial score (nSPS) is 12.0. The fraction of sp³-hybridized carbons (Fsp3) is 0.533. The van der Waals surface area contributed by atoms with Crippen LogP contribution in [-0.4, -0.2) is 19.6 Å². The predicted molar refractivity (Wildman–Crippen MR) is 75.1 cm³/mol. The third-order valence-electron chi connectivity index (χ3n) is 3.08. The minimum atomic E-state index is -0.292. The zero-order valence-corrected chi connectivity index (χ0v) is 11.7. The lowest BCUT2D eigenvalue weighted by atomic mass is 10.1. The Kier molecular flexibility index (Phi) is 5.69. The quantitative estimate of drug-likeness (QED) is 0.782. The van der Waals surface area contributed by atoms with Crippen molar-refractivity contribution in [2.75, 3.05) is 19.0 Å². The van der Waals surface area contributed by atoms with E-state index in [2.05, 4.69) is 19.2 Å². The molecule has 1 unspecified atom stereocenters. The second-order valence-electron chi connectivity index (χ2n) is 4.80. The van der Waals surface area contributed by atoms with Gasteiger partial charge in [0, 0.05) is 12.2 Å². The van der Waals surface area contributed by atoms with Crippen LogP contribution in [0.3, 0.4) is 0 Å². The molecule has 0 aliphatic carbocycles. The van der Waals surface area contributed by atoms with Crippen LogP contribution in [0.4, 0.5) is 5.69 Å². The molecule has 0 amide bonds. The highest BCUT2D eigenvalue weighted by Crippen LogP contribution is 2.18. The fourth-order valence-electron chi connectivity index (χ4n) is 1.94. The largest absolute Gasteiger partial charge is 0.465 e. The Morgan fingerprint density at radius 1 is 1.44 bits per heavy atom. The van der Waals surface area contributed by atoms with Crippen molar-refractivity contribution >= 4 is 11.7 Å². The molecule has 1 atom stereocenters. The highest BCUT2D eigenvalue weighted by atomic mass is 16.5.